The summed E-state index contributed by atoms with van der Waals surface area (Å²) >= 11 is 0. The zero-order chi connectivity index (χ0) is 20.9. The molecule has 1 aromatic carbocycles. The first-order chi connectivity index (χ1) is 13.1. The second-order valence-corrected chi connectivity index (χ2v) is 7.44. The summed E-state index contributed by atoms with van der Waals surface area (Å²) in [7, 11) is 0. The monoisotopic (exact) mass is 433 g/mol. The molecule has 1 aromatic heterocycles. The third-order valence-electron chi connectivity index (χ3n) is 4.42. The van der Waals surface area contributed by atoms with Crippen LogP contribution in [0.1, 0.15) is 43.8 Å². The summed E-state index contributed by atoms with van der Waals surface area (Å²) in [5.41, 5.74) is -0.766. The maximum Gasteiger partial charge on any atom is 0.416 e. The van der Waals surface area contributed by atoms with Crippen LogP contribution in [0.15, 0.2) is 40.8 Å². The number of rotatable bonds is 8. The Morgan fingerprint density at radius 2 is 1.76 bits per heavy atom. The second kappa shape index (κ2) is 10.2. The van der Waals surface area contributed by atoms with Crippen molar-refractivity contribution in [3.63, 3.8) is 0 Å². The lowest BCUT2D eigenvalue weighted by Gasteiger charge is -2.30. The van der Waals surface area contributed by atoms with Crippen LogP contribution in [0.4, 0.5) is 13.2 Å². The number of furan rings is 1. The van der Waals surface area contributed by atoms with Crippen molar-refractivity contribution in [1.82, 2.24) is 4.90 Å². The number of ether oxygens (including phenoxy) is 1. The van der Waals surface area contributed by atoms with Crippen LogP contribution < -0.4 is 0 Å². The Morgan fingerprint density at radius 3 is 2.34 bits per heavy atom. The van der Waals surface area contributed by atoms with Crippen molar-refractivity contribution in [3.8, 4) is 11.3 Å². The highest BCUT2D eigenvalue weighted by atomic mass is 35.5. The number of hydrogen-bond acceptors (Lipinski definition) is 4. The molecule has 0 radical (unpaired) electrons. The van der Waals surface area contributed by atoms with Crippen LogP contribution in [0, 0.1) is 5.41 Å². The van der Waals surface area contributed by atoms with E-state index in [1.54, 1.807) is 0 Å². The minimum absolute atomic E-state index is 0. The molecule has 0 N–H and O–H groups in total. The highest BCUT2D eigenvalue weighted by Crippen LogP contribution is 2.32. The summed E-state index contributed by atoms with van der Waals surface area (Å²) in [4.78, 5) is 14.5. The molecule has 8 heteroatoms. The van der Waals surface area contributed by atoms with Gasteiger partial charge in [-0.2, -0.15) is 13.2 Å². The minimum Gasteiger partial charge on any atom is -0.459 e. The fraction of sp³-hybridized carbons (Fsp3) is 0.476. The molecule has 0 atom stereocenters. The largest absolute Gasteiger partial charge is 0.459 e. The molecular formula is C21H27ClF3NO3. The van der Waals surface area contributed by atoms with Gasteiger partial charge in [-0.25, -0.2) is 4.79 Å². The first-order valence-electron chi connectivity index (χ1n) is 9.22. The topological polar surface area (TPSA) is 42.7 Å². The van der Waals surface area contributed by atoms with Crippen molar-refractivity contribution < 1.29 is 27.1 Å². The van der Waals surface area contributed by atoms with Crippen LogP contribution in [0.3, 0.4) is 0 Å². The van der Waals surface area contributed by atoms with E-state index >= 15 is 0 Å². The van der Waals surface area contributed by atoms with Crippen LogP contribution in [0.25, 0.3) is 11.3 Å². The minimum atomic E-state index is -4.44. The summed E-state index contributed by atoms with van der Waals surface area (Å²) in [6.45, 7) is 11.0. The predicted molar refractivity (Wildman–Crippen MR) is 108 cm³/mol. The van der Waals surface area contributed by atoms with E-state index in [1.165, 1.54) is 24.3 Å². The Morgan fingerprint density at radius 1 is 1.10 bits per heavy atom. The number of alkyl halides is 3. The van der Waals surface area contributed by atoms with Crippen LogP contribution in [0.2, 0.25) is 0 Å². The Kier molecular flexibility index (Phi) is 8.78. The van der Waals surface area contributed by atoms with Crippen molar-refractivity contribution in [1.29, 1.82) is 0 Å². The SMILES string of the molecule is CCN(CC)CC(C)(C)COC(=O)c1ccc(-c2cccc(C(F)(F)F)c2)o1.Cl. The lowest BCUT2D eigenvalue weighted by atomic mass is 9.94. The van der Waals surface area contributed by atoms with Gasteiger partial charge in [-0.1, -0.05) is 39.8 Å². The smallest absolute Gasteiger partial charge is 0.416 e. The van der Waals surface area contributed by atoms with Gasteiger partial charge in [-0.05, 0) is 37.4 Å². The molecule has 2 aromatic rings. The number of carbonyl (C=O) groups is 1. The van der Waals surface area contributed by atoms with E-state index in [-0.39, 0.29) is 41.5 Å². The van der Waals surface area contributed by atoms with Crippen LogP contribution in [-0.4, -0.2) is 37.1 Å². The Labute approximate surface area is 175 Å². The first-order valence-corrected chi connectivity index (χ1v) is 9.22. The third-order valence-corrected chi connectivity index (χ3v) is 4.42. The van der Waals surface area contributed by atoms with Crippen molar-refractivity contribution in [2.24, 2.45) is 5.41 Å². The first kappa shape index (κ1) is 25.0. The van der Waals surface area contributed by atoms with Crippen molar-refractivity contribution in [3.05, 3.63) is 47.7 Å². The van der Waals surface area contributed by atoms with Crippen molar-refractivity contribution in [2.45, 2.75) is 33.9 Å². The summed E-state index contributed by atoms with van der Waals surface area (Å²) in [5, 5.41) is 0. The zero-order valence-electron chi connectivity index (χ0n) is 17.0. The van der Waals surface area contributed by atoms with Gasteiger partial charge >= 0.3 is 12.1 Å². The number of hydrogen-bond donors (Lipinski definition) is 0. The molecule has 29 heavy (non-hydrogen) atoms. The average molecular weight is 434 g/mol. The molecule has 0 bridgehead atoms. The van der Waals surface area contributed by atoms with Gasteiger partial charge in [0.15, 0.2) is 0 Å². The van der Waals surface area contributed by atoms with Crippen LogP contribution >= 0.6 is 12.4 Å². The summed E-state index contributed by atoms with van der Waals surface area (Å²) in [6, 6.07) is 7.65. The van der Waals surface area contributed by atoms with Gasteiger partial charge in [0, 0.05) is 17.5 Å². The molecule has 0 unspecified atom stereocenters. The van der Waals surface area contributed by atoms with E-state index in [4.69, 9.17) is 9.15 Å². The van der Waals surface area contributed by atoms with Gasteiger partial charge in [-0.15, -0.1) is 12.4 Å². The maximum absolute atomic E-state index is 12.9. The zero-order valence-corrected chi connectivity index (χ0v) is 17.8. The molecule has 0 saturated carbocycles. The van der Waals surface area contributed by atoms with E-state index in [0.29, 0.717) is 0 Å². The molecule has 0 aliphatic heterocycles. The number of nitrogens with zero attached hydrogens (tertiary/aromatic N) is 1. The van der Waals surface area contributed by atoms with Crippen molar-refractivity contribution in [2.75, 3.05) is 26.2 Å². The summed E-state index contributed by atoms with van der Waals surface area (Å²) in [6.07, 6.45) is -4.44. The quantitative estimate of drug-likeness (QED) is 0.485. The van der Waals surface area contributed by atoms with E-state index < -0.39 is 17.7 Å². The van der Waals surface area contributed by atoms with E-state index in [9.17, 15) is 18.0 Å². The molecule has 0 amide bonds. The van der Waals surface area contributed by atoms with Gasteiger partial charge in [0.05, 0.1) is 12.2 Å². The van der Waals surface area contributed by atoms with E-state index in [0.717, 1.165) is 31.8 Å². The molecule has 0 saturated heterocycles. The lowest BCUT2D eigenvalue weighted by Crippen LogP contribution is -2.37. The van der Waals surface area contributed by atoms with Gasteiger partial charge in [0.25, 0.3) is 0 Å². The normalized spacial score (nSPS) is 12.0. The summed E-state index contributed by atoms with van der Waals surface area (Å²) in [5.74, 6) is -0.489. The lowest BCUT2D eigenvalue weighted by molar-refractivity contribution is -0.137. The number of benzene rings is 1. The predicted octanol–water partition coefficient (Wildman–Crippen LogP) is 5.91. The van der Waals surface area contributed by atoms with Gasteiger partial charge in [0.2, 0.25) is 5.76 Å². The highest BCUT2D eigenvalue weighted by Gasteiger charge is 2.31. The van der Waals surface area contributed by atoms with Crippen LogP contribution in [0.5, 0.6) is 0 Å². The molecule has 4 nitrogen and oxygen atoms in total. The van der Waals surface area contributed by atoms with E-state index in [2.05, 4.69) is 18.7 Å². The van der Waals surface area contributed by atoms with Crippen LogP contribution in [-0.2, 0) is 10.9 Å². The van der Waals surface area contributed by atoms with Gasteiger partial charge in [-0.3, -0.25) is 0 Å². The van der Waals surface area contributed by atoms with E-state index in [1.807, 2.05) is 13.8 Å². The second-order valence-electron chi connectivity index (χ2n) is 7.44. The Hall–Kier alpha value is -1.99. The Bertz CT molecular complexity index is 798. The molecular weight excluding hydrogens is 407 g/mol. The van der Waals surface area contributed by atoms with Gasteiger partial charge < -0.3 is 14.1 Å². The molecule has 0 fully saturated rings. The average Bonchev–Trinajstić information content (AvgIpc) is 3.14. The third kappa shape index (κ3) is 7.08. The molecule has 0 spiro atoms. The number of carbonyl (C=O) groups excluding carboxylic acids is 1. The Balaban J connectivity index is 0.00000420. The number of halogens is 4. The summed E-state index contributed by atoms with van der Waals surface area (Å²) < 4.78 is 49.4. The standard InChI is InChI=1S/C21H26F3NO3.ClH/c1-5-25(6-2)13-20(3,4)14-27-19(26)18-11-10-17(28-18)15-8-7-9-16(12-15)21(22,23)24;/h7-12H,5-6,13-14H2,1-4H3;1H. The molecule has 1 heterocycles. The maximum atomic E-state index is 12.9. The molecule has 0 aliphatic carbocycles. The fourth-order valence-electron chi connectivity index (χ4n) is 2.88. The fourth-order valence-corrected chi connectivity index (χ4v) is 2.88. The molecule has 162 valence electrons. The molecule has 0 aliphatic rings. The highest BCUT2D eigenvalue weighted by molar-refractivity contribution is 5.87. The van der Waals surface area contributed by atoms with Crippen molar-refractivity contribution >= 4 is 18.4 Å². The van der Waals surface area contributed by atoms with Gasteiger partial charge in [0.1, 0.15) is 5.76 Å². The molecule has 2 rings (SSSR count). The number of esters is 1.